The summed E-state index contributed by atoms with van der Waals surface area (Å²) in [5.74, 6) is -0.604. The number of aromatic nitrogens is 4. The molecule has 0 saturated carbocycles. The standard InChI is InChI=1S/C14H17N5O4/c1-6(20)8-9-10(23-14(2,3)22-9)13(21-8)19-5-18-7-11(15)16-4-17-12(7)19/h4-5,8-10,13H,1-3H3,(H2,15,16,17)/t8-,9-,10-,13-/m1/s1. The number of nitrogens with two attached hydrogens (primary N) is 1. The van der Waals surface area contributed by atoms with Crippen LogP contribution in [0.5, 0.6) is 0 Å². The van der Waals surface area contributed by atoms with Gasteiger partial charge in [-0.05, 0) is 20.8 Å². The maximum absolute atomic E-state index is 11.9. The molecule has 9 heteroatoms. The third-order valence-corrected chi connectivity index (χ3v) is 4.09. The van der Waals surface area contributed by atoms with Gasteiger partial charge >= 0.3 is 0 Å². The summed E-state index contributed by atoms with van der Waals surface area (Å²) in [5.41, 5.74) is 6.83. The Morgan fingerprint density at radius 2 is 2.00 bits per heavy atom. The smallest absolute Gasteiger partial charge is 0.167 e. The fraction of sp³-hybridized carbons (Fsp3) is 0.571. The van der Waals surface area contributed by atoms with Crippen molar-refractivity contribution in [2.75, 3.05) is 5.73 Å². The largest absolute Gasteiger partial charge is 0.382 e. The summed E-state index contributed by atoms with van der Waals surface area (Å²) in [6.45, 7) is 5.10. The van der Waals surface area contributed by atoms with Crippen LogP contribution in [0.2, 0.25) is 0 Å². The van der Waals surface area contributed by atoms with Gasteiger partial charge in [-0.25, -0.2) is 15.0 Å². The highest BCUT2D eigenvalue weighted by Crippen LogP contribution is 2.43. The number of rotatable bonds is 2. The molecule has 0 bridgehead atoms. The Balaban J connectivity index is 1.78. The van der Waals surface area contributed by atoms with Crippen molar-refractivity contribution in [3.63, 3.8) is 0 Å². The van der Waals surface area contributed by atoms with E-state index in [4.69, 9.17) is 19.9 Å². The number of nitrogen functional groups attached to an aromatic ring is 1. The zero-order valence-electron chi connectivity index (χ0n) is 13.0. The molecular weight excluding hydrogens is 302 g/mol. The molecule has 4 heterocycles. The first-order chi connectivity index (χ1) is 10.9. The normalized spacial score (nSPS) is 32.3. The molecule has 2 saturated heterocycles. The summed E-state index contributed by atoms with van der Waals surface area (Å²) >= 11 is 0. The lowest BCUT2D eigenvalue weighted by molar-refractivity contribution is -0.196. The molecule has 2 aromatic heterocycles. The number of hydrogen-bond donors (Lipinski definition) is 1. The van der Waals surface area contributed by atoms with Crippen LogP contribution in [-0.4, -0.2) is 49.4 Å². The molecule has 0 spiro atoms. The topological polar surface area (TPSA) is 114 Å². The van der Waals surface area contributed by atoms with Crippen LogP contribution in [0.4, 0.5) is 5.82 Å². The van der Waals surface area contributed by atoms with E-state index in [1.807, 2.05) is 13.8 Å². The lowest BCUT2D eigenvalue weighted by atomic mass is 10.1. The van der Waals surface area contributed by atoms with Crippen LogP contribution >= 0.6 is 0 Å². The highest BCUT2D eigenvalue weighted by Gasteiger charge is 2.57. The summed E-state index contributed by atoms with van der Waals surface area (Å²) in [4.78, 5) is 24.3. The number of Topliss-reactive ketones (excluding diaryl/α,β-unsaturated/α-hetero) is 1. The molecule has 122 valence electrons. The minimum atomic E-state index is -0.782. The molecule has 0 unspecified atom stereocenters. The Labute approximate surface area is 131 Å². The van der Waals surface area contributed by atoms with Crippen molar-refractivity contribution >= 4 is 22.8 Å². The summed E-state index contributed by atoms with van der Waals surface area (Å²) in [5, 5.41) is 0. The Hall–Kier alpha value is -2.10. The second-order valence-electron chi connectivity index (χ2n) is 6.21. The first kappa shape index (κ1) is 14.5. The fourth-order valence-electron chi connectivity index (χ4n) is 3.18. The first-order valence-electron chi connectivity index (χ1n) is 7.32. The van der Waals surface area contributed by atoms with Gasteiger partial charge in [0, 0.05) is 0 Å². The number of imidazole rings is 1. The molecule has 9 nitrogen and oxygen atoms in total. The van der Waals surface area contributed by atoms with Crippen molar-refractivity contribution in [1.29, 1.82) is 0 Å². The second-order valence-corrected chi connectivity index (χ2v) is 6.21. The zero-order chi connectivity index (χ0) is 16.4. The van der Waals surface area contributed by atoms with E-state index in [0.29, 0.717) is 11.2 Å². The van der Waals surface area contributed by atoms with Gasteiger partial charge in [0.2, 0.25) is 0 Å². The number of anilines is 1. The number of hydrogen-bond acceptors (Lipinski definition) is 8. The second kappa shape index (κ2) is 4.70. The number of ether oxygens (including phenoxy) is 3. The van der Waals surface area contributed by atoms with Gasteiger partial charge in [-0.2, -0.15) is 0 Å². The Kier molecular flexibility index (Phi) is 2.96. The van der Waals surface area contributed by atoms with E-state index in [1.165, 1.54) is 13.3 Å². The van der Waals surface area contributed by atoms with Crippen LogP contribution < -0.4 is 5.73 Å². The molecule has 2 fully saturated rings. The molecule has 0 radical (unpaired) electrons. The van der Waals surface area contributed by atoms with Crippen molar-refractivity contribution in [3.8, 4) is 0 Å². The monoisotopic (exact) mass is 319 g/mol. The predicted molar refractivity (Wildman–Crippen MR) is 78.2 cm³/mol. The van der Waals surface area contributed by atoms with Gasteiger partial charge in [-0.15, -0.1) is 0 Å². The van der Waals surface area contributed by atoms with Crippen LogP contribution in [0, 0.1) is 0 Å². The van der Waals surface area contributed by atoms with Crippen LogP contribution in [0.25, 0.3) is 11.2 Å². The van der Waals surface area contributed by atoms with Crippen molar-refractivity contribution in [1.82, 2.24) is 19.5 Å². The zero-order valence-corrected chi connectivity index (χ0v) is 13.0. The first-order valence-corrected chi connectivity index (χ1v) is 7.32. The van der Waals surface area contributed by atoms with E-state index in [-0.39, 0.29) is 11.6 Å². The van der Waals surface area contributed by atoms with E-state index in [1.54, 1.807) is 10.9 Å². The summed E-state index contributed by atoms with van der Waals surface area (Å²) in [6, 6.07) is 0. The van der Waals surface area contributed by atoms with Gasteiger partial charge in [-0.3, -0.25) is 9.36 Å². The van der Waals surface area contributed by atoms with Crippen molar-refractivity contribution in [2.45, 2.75) is 51.1 Å². The molecule has 2 N–H and O–H groups in total. The molecule has 4 rings (SSSR count). The van der Waals surface area contributed by atoms with E-state index in [0.717, 1.165) is 0 Å². The maximum atomic E-state index is 11.9. The van der Waals surface area contributed by atoms with E-state index >= 15 is 0 Å². The quantitative estimate of drug-likeness (QED) is 0.846. The number of carbonyl (C=O) groups is 1. The SMILES string of the molecule is CC(=O)[C@H]1O[C@@H](n2cnc3c(N)ncnc32)[C@@H]2OC(C)(C)O[C@@H]21. The van der Waals surface area contributed by atoms with Crippen molar-refractivity contribution < 1.29 is 19.0 Å². The third-order valence-electron chi connectivity index (χ3n) is 4.09. The molecule has 4 atom stereocenters. The van der Waals surface area contributed by atoms with E-state index in [9.17, 15) is 4.79 Å². The number of nitrogens with zero attached hydrogens (tertiary/aromatic N) is 4. The third kappa shape index (κ3) is 2.12. The summed E-state index contributed by atoms with van der Waals surface area (Å²) in [7, 11) is 0. The van der Waals surface area contributed by atoms with Gasteiger partial charge in [0.05, 0.1) is 6.33 Å². The lowest BCUT2D eigenvalue weighted by Crippen LogP contribution is -2.34. The van der Waals surface area contributed by atoms with Crippen molar-refractivity contribution in [3.05, 3.63) is 12.7 Å². The molecule has 0 amide bonds. The molecular formula is C14H17N5O4. The Bertz CT molecular complexity index is 789. The summed E-state index contributed by atoms with van der Waals surface area (Å²) < 4.78 is 19.4. The van der Waals surface area contributed by atoms with Gasteiger partial charge < -0.3 is 19.9 Å². The summed E-state index contributed by atoms with van der Waals surface area (Å²) in [6.07, 6.45) is 0.755. The van der Waals surface area contributed by atoms with Gasteiger partial charge in [0.15, 0.2) is 29.3 Å². The fourth-order valence-corrected chi connectivity index (χ4v) is 3.18. The highest BCUT2D eigenvalue weighted by molar-refractivity contribution is 5.82. The molecule has 2 aromatic rings. The average molecular weight is 319 g/mol. The molecule has 2 aliphatic heterocycles. The Morgan fingerprint density at radius 3 is 2.74 bits per heavy atom. The number of carbonyl (C=O) groups excluding carboxylic acids is 1. The average Bonchev–Trinajstić information content (AvgIpc) is 3.09. The molecule has 23 heavy (non-hydrogen) atoms. The van der Waals surface area contributed by atoms with Gasteiger partial charge in [-0.1, -0.05) is 0 Å². The molecule has 2 aliphatic rings. The predicted octanol–water partition coefficient (Wildman–Crippen LogP) is 0.415. The van der Waals surface area contributed by atoms with Crippen molar-refractivity contribution in [2.24, 2.45) is 0 Å². The van der Waals surface area contributed by atoms with Gasteiger partial charge in [0.1, 0.15) is 30.2 Å². The minimum Gasteiger partial charge on any atom is -0.382 e. The maximum Gasteiger partial charge on any atom is 0.167 e. The molecule has 0 aromatic carbocycles. The molecule has 0 aliphatic carbocycles. The van der Waals surface area contributed by atoms with E-state index in [2.05, 4.69) is 15.0 Å². The highest BCUT2D eigenvalue weighted by atomic mass is 16.8. The van der Waals surface area contributed by atoms with Crippen LogP contribution in [0.3, 0.4) is 0 Å². The van der Waals surface area contributed by atoms with Crippen LogP contribution in [-0.2, 0) is 19.0 Å². The Morgan fingerprint density at radius 1 is 1.26 bits per heavy atom. The number of fused-ring (bicyclic) bond motifs is 2. The lowest BCUT2D eigenvalue weighted by Gasteiger charge is -2.24. The van der Waals surface area contributed by atoms with Crippen LogP contribution in [0.15, 0.2) is 12.7 Å². The number of ketones is 1. The van der Waals surface area contributed by atoms with Crippen LogP contribution in [0.1, 0.15) is 27.0 Å². The minimum absolute atomic E-state index is 0.109. The van der Waals surface area contributed by atoms with Gasteiger partial charge in [0.25, 0.3) is 0 Å². The van der Waals surface area contributed by atoms with E-state index < -0.39 is 30.3 Å².